The summed E-state index contributed by atoms with van der Waals surface area (Å²) in [6.45, 7) is 0. The van der Waals surface area contributed by atoms with Crippen LogP contribution in [0.15, 0.2) is 34.1 Å². The van der Waals surface area contributed by atoms with Crippen LogP contribution < -0.4 is 10.6 Å². The largest absolute Gasteiger partial charge is 0.467 e. The number of furan rings is 1. The van der Waals surface area contributed by atoms with Gasteiger partial charge in [-0.25, -0.2) is 4.79 Å². The Morgan fingerprint density at radius 2 is 2.19 bits per heavy atom. The van der Waals surface area contributed by atoms with Crippen LogP contribution in [0.3, 0.4) is 0 Å². The highest BCUT2D eigenvalue weighted by Crippen LogP contribution is 2.35. The van der Waals surface area contributed by atoms with Crippen LogP contribution in [0, 0.1) is 0 Å². The van der Waals surface area contributed by atoms with E-state index in [2.05, 4.69) is 10.6 Å². The SMILES string of the molecule is O=C1NC2=C(CCCC2)C(c2ccco2)N1. The molecule has 2 amide bonds. The minimum Gasteiger partial charge on any atom is -0.467 e. The molecule has 0 spiro atoms. The second-order valence-electron chi connectivity index (χ2n) is 4.26. The topological polar surface area (TPSA) is 54.3 Å². The van der Waals surface area contributed by atoms with Gasteiger partial charge in [-0.15, -0.1) is 0 Å². The highest BCUT2D eigenvalue weighted by molar-refractivity contribution is 5.78. The standard InChI is InChI=1S/C12H14N2O2/c15-12-13-9-5-2-1-4-8(9)11(14-12)10-6-3-7-16-10/h3,6-7,11H,1-2,4-5H2,(H2,13,14,15). The number of amides is 2. The maximum atomic E-state index is 11.5. The van der Waals surface area contributed by atoms with Crippen LogP contribution >= 0.6 is 0 Å². The summed E-state index contributed by atoms with van der Waals surface area (Å²) in [5.41, 5.74) is 2.37. The molecule has 1 aliphatic heterocycles. The van der Waals surface area contributed by atoms with Gasteiger partial charge in [-0.3, -0.25) is 0 Å². The van der Waals surface area contributed by atoms with Crippen LogP contribution in [0.2, 0.25) is 0 Å². The van der Waals surface area contributed by atoms with Crippen LogP contribution in [0.1, 0.15) is 37.5 Å². The van der Waals surface area contributed by atoms with Crippen molar-refractivity contribution in [1.29, 1.82) is 0 Å². The van der Waals surface area contributed by atoms with E-state index >= 15 is 0 Å². The van der Waals surface area contributed by atoms with E-state index in [1.165, 1.54) is 12.0 Å². The molecule has 2 heterocycles. The summed E-state index contributed by atoms with van der Waals surface area (Å²) in [6.07, 6.45) is 6.00. The molecular weight excluding hydrogens is 204 g/mol. The van der Waals surface area contributed by atoms with Gasteiger partial charge in [0.1, 0.15) is 11.8 Å². The van der Waals surface area contributed by atoms with E-state index in [4.69, 9.17) is 4.42 Å². The third kappa shape index (κ3) is 1.50. The number of urea groups is 1. The first-order chi connectivity index (χ1) is 7.84. The van der Waals surface area contributed by atoms with E-state index in [-0.39, 0.29) is 12.1 Å². The molecule has 1 unspecified atom stereocenters. The van der Waals surface area contributed by atoms with E-state index in [0.717, 1.165) is 30.7 Å². The second kappa shape index (κ2) is 3.70. The first kappa shape index (κ1) is 9.51. The lowest BCUT2D eigenvalue weighted by molar-refractivity contribution is 0.234. The number of nitrogens with one attached hydrogen (secondary N) is 2. The molecule has 0 aromatic carbocycles. The van der Waals surface area contributed by atoms with E-state index in [0.29, 0.717) is 0 Å². The van der Waals surface area contributed by atoms with Gasteiger partial charge in [-0.2, -0.15) is 0 Å². The summed E-state index contributed by atoms with van der Waals surface area (Å²) in [6, 6.07) is 3.57. The van der Waals surface area contributed by atoms with Gasteiger partial charge >= 0.3 is 6.03 Å². The van der Waals surface area contributed by atoms with Crippen LogP contribution in [0.5, 0.6) is 0 Å². The third-order valence-electron chi connectivity index (χ3n) is 3.23. The second-order valence-corrected chi connectivity index (χ2v) is 4.26. The molecule has 1 aliphatic carbocycles. The molecule has 2 N–H and O–H groups in total. The Balaban J connectivity index is 2.00. The van der Waals surface area contributed by atoms with Gasteiger partial charge in [0, 0.05) is 5.70 Å². The maximum absolute atomic E-state index is 11.5. The lowest BCUT2D eigenvalue weighted by Crippen LogP contribution is -2.44. The van der Waals surface area contributed by atoms with Gasteiger partial charge in [0.2, 0.25) is 0 Å². The van der Waals surface area contributed by atoms with Crippen molar-refractivity contribution < 1.29 is 9.21 Å². The van der Waals surface area contributed by atoms with Crippen LogP contribution in [-0.4, -0.2) is 6.03 Å². The van der Waals surface area contributed by atoms with Crippen molar-refractivity contribution in [2.75, 3.05) is 0 Å². The molecule has 1 aromatic rings. The van der Waals surface area contributed by atoms with Gasteiger partial charge in [0.05, 0.1) is 6.26 Å². The molecule has 2 aliphatic rings. The Morgan fingerprint density at radius 1 is 1.31 bits per heavy atom. The normalized spacial score (nSPS) is 24.8. The highest BCUT2D eigenvalue weighted by atomic mass is 16.3. The zero-order chi connectivity index (χ0) is 11.0. The lowest BCUT2D eigenvalue weighted by Gasteiger charge is -2.31. The van der Waals surface area contributed by atoms with Crippen molar-refractivity contribution in [2.24, 2.45) is 0 Å². The number of carbonyl (C=O) groups is 1. The van der Waals surface area contributed by atoms with Gasteiger partial charge in [0.25, 0.3) is 0 Å². The average Bonchev–Trinajstić information content (AvgIpc) is 2.81. The number of hydrogen-bond donors (Lipinski definition) is 2. The van der Waals surface area contributed by atoms with Crippen molar-refractivity contribution in [3.63, 3.8) is 0 Å². The zero-order valence-electron chi connectivity index (χ0n) is 8.95. The predicted octanol–water partition coefficient (Wildman–Crippen LogP) is 2.46. The van der Waals surface area contributed by atoms with Gasteiger partial charge in [-0.1, -0.05) is 0 Å². The molecule has 0 fully saturated rings. The first-order valence-corrected chi connectivity index (χ1v) is 5.67. The average molecular weight is 218 g/mol. The fourth-order valence-corrected chi connectivity index (χ4v) is 2.48. The predicted molar refractivity (Wildman–Crippen MR) is 58.6 cm³/mol. The van der Waals surface area contributed by atoms with Gasteiger partial charge in [0.15, 0.2) is 0 Å². The fourth-order valence-electron chi connectivity index (χ4n) is 2.48. The van der Waals surface area contributed by atoms with Crippen molar-refractivity contribution >= 4 is 6.03 Å². The molecule has 0 saturated carbocycles. The molecule has 1 aromatic heterocycles. The number of allylic oxidation sites excluding steroid dienone is 1. The molecule has 3 rings (SSSR count). The Kier molecular flexibility index (Phi) is 2.20. The van der Waals surface area contributed by atoms with Crippen molar-refractivity contribution in [3.05, 3.63) is 35.4 Å². The third-order valence-corrected chi connectivity index (χ3v) is 3.23. The lowest BCUT2D eigenvalue weighted by atomic mass is 9.89. The van der Waals surface area contributed by atoms with Crippen LogP contribution in [0.4, 0.5) is 4.79 Å². The molecular formula is C12H14N2O2. The van der Waals surface area contributed by atoms with Crippen molar-refractivity contribution in [2.45, 2.75) is 31.7 Å². The summed E-state index contributed by atoms with van der Waals surface area (Å²) in [5, 5.41) is 5.81. The Bertz CT molecular complexity index is 434. The Labute approximate surface area is 93.7 Å². The summed E-state index contributed by atoms with van der Waals surface area (Å²) in [4.78, 5) is 11.5. The molecule has 0 saturated heterocycles. The fraction of sp³-hybridized carbons (Fsp3) is 0.417. The summed E-state index contributed by atoms with van der Waals surface area (Å²) in [7, 11) is 0. The molecule has 0 bridgehead atoms. The maximum Gasteiger partial charge on any atom is 0.319 e. The minimum atomic E-state index is -0.123. The van der Waals surface area contributed by atoms with Gasteiger partial charge < -0.3 is 15.1 Å². The van der Waals surface area contributed by atoms with Crippen LogP contribution in [-0.2, 0) is 0 Å². The molecule has 0 radical (unpaired) electrons. The van der Waals surface area contributed by atoms with E-state index < -0.39 is 0 Å². The summed E-state index contributed by atoms with van der Waals surface area (Å²) < 4.78 is 5.39. The molecule has 84 valence electrons. The van der Waals surface area contributed by atoms with Crippen LogP contribution in [0.25, 0.3) is 0 Å². The van der Waals surface area contributed by atoms with E-state index in [1.807, 2.05) is 12.1 Å². The molecule has 1 atom stereocenters. The number of hydrogen-bond acceptors (Lipinski definition) is 2. The first-order valence-electron chi connectivity index (χ1n) is 5.67. The smallest absolute Gasteiger partial charge is 0.319 e. The number of rotatable bonds is 1. The zero-order valence-corrected chi connectivity index (χ0v) is 8.95. The van der Waals surface area contributed by atoms with Crippen molar-refractivity contribution in [1.82, 2.24) is 10.6 Å². The quantitative estimate of drug-likeness (QED) is 0.760. The van der Waals surface area contributed by atoms with E-state index in [9.17, 15) is 4.79 Å². The Morgan fingerprint density at radius 3 is 3.00 bits per heavy atom. The van der Waals surface area contributed by atoms with Crippen molar-refractivity contribution in [3.8, 4) is 0 Å². The summed E-state index contributed by atoms with van der Waals surface area (Å²) in [5.74, 6) is 0.823. The Hall–Kier alpha value is -1.71. The van der Waals surface area contributed by atoms with Gasteiger partial charge in [-0.05, 0) is 43.4 Å². The number of carbonyl (C=O) groups excluding carboxylic acids is 1. The summed E-state index contributed by atoms with van der Waals surface area (Å²) >= 11 is 0. The molecule has 16 heavy (non-hydrogen) atoms. The minimum absolute atomic E-state index is 0.0703. The molecule has 4 nitrogen and oxygen atoms in total. The highest BCUT2D eigenvalue weighted by Gasteiger charge is 2.30. The molecule has 4 heteroatoms. The van der Waals surface area contributed by atoms with E-state index in [1.54, 1.807) is 6.26 Å². The monoisotopic (exact) mass is 218 g/mol.